The molecule has 0 radical (unpaired) electrons. The van der Waals surface area contributed by atoms with Crippen LogP contribution in [0.1, 0.15) is 30.5 Å². The van der Waals surface area contributed by atoms with Gasteiger partial charge >= 0.3 is 5.97 Å². The Morgan fingerprint density at radius 3 is 2.11 bits per heavy atom. The quantitative estimate of drug-likeness (QED) is 0.862. The number of aryl methyl sites for hydroxylation is 2. The van der Waals surface area contributed by atoms with Crippen molar-refractivity contribution < 1.29 is 15.0 Å². The summed E-state index contributed by atoms with van der Waals surface area (Å²) in [5, 5.41) is 18.9. The molecule has 4 heteroatoms. The van der Waals surface area contributed by atoms with Crippen LogP contribution in [0.5, 0.6) is 5.75 Å². The van der Waals surface area contributed by atoms with E-state index >= 15 is 0 Å². The largest absolute Gasteiger partial charge is 0.507 e. The number of aliphatic carboxylic acids is 1. The summed E-state index contributed by atoms with van der Waals surface area (Å²) in [6.45, 7) is 7.56. The lowest BCUT2D eigenvalue weighted by atomic mass is 10.0. The van der Waals surface area contributed by atoms with Crippen molar-refractivity contribution in [3.8, 4) is 5.75 Å². The van der Waals surface area contributed by atoms with Crippen molar-refractivity contribution in [3.05, 3.63) is 28.8 Å². The van der Waals surface area contributed by atoms with Gasteiger partial charge in [-0.3, -0.25) is 9.69 Å². The van der Waals surface area contributed by atoms with Crippen molar-refractivity contribution in [2.24, 2.45) is 0 Å². The van der Waals surface area contributed by atoms with Crippen molar-refractivity contribution in [3.63, 3.8) is 0 Å². The SMILES string of the molecule is Cc1cc(CN(C)C(C)(C)C(=O)O)cc(C)c1O. The van der Waals surface area contributed by atoms with Gasteiger partial charge in [-0.2, -0.15) is 0 Å². The molecule has 2 N–H and O–H groups in total. The van der Waals surface area contributed by atoms with Crippen molar-refractivity contribution in [2.75, 3.05) is 7.05 Å². The van der Waals surface area contributed by atoms with Gasteiger partial charge < -0.3 is 10.2 Å². The van der Waals surface area contributed by atoms with Gasteiger partial charge in [0, 0.05) is 6.54 Å². The molecule has 0 bridgehead atoms. The maximum absolute atomic E-state index is 11.2. The van der Waals surface area contributed by atoms with E-state index < -0.39 is 11.5 Å². The summed E-state index contributed by atoms with van der Waals surface area (Å²) in [7, 11) is 1.78. The van der Waals surface area contributed by atoms with Crippen LogP contribution >= 0.6 is 0 Å². The van der Waals surface area contributed by atoms with Crippen LogP contribution in [0.3, 0.4) is 0 Å². The van der Waals surface area contributed by atoms with Crippen LogP contribution in [-0.4, -0.2) is 33.7 Å². The van der Waals surface area contributed by atoms with Crippen molar-refractivity contribution >= 4 is 5.97 Å². The Morgan fingerprint density at radius 1 is 1.28 bits per heavy atom. The van der Waals surface area contributed by atoms with Gasteiger partial charge in [-0.25, -0.2) is 0 Å². The van der Waals surface area contributed by atoms with Gasteiger partial charge in [0.05, 0.1) is 0 Å². The van der Waals surface area contributed by atoms with Crippen LogP contribution in [0.15, 0.2) is 12.1 Å². The molecule has 0 aliphatic rings. The first-order chi connectivity index (χ1) is 8.16. The fraction of sp³-hybridized carbons (Fsp3) is 0.500. The van der Waals surface area contributed by atoms with Crippen LogP contribution in [0.2, 0.25) is 0 Å². The smallest absolute Gasteiger partial charge is 0.323 e. The lowest BCUT2D eigenvalue weighted by Crippen LogP contribution is -2.47. The standard InChI is InChI=1S/C14H21NO3/c1-9-6-11(7-10(2)12(9)16)8-15(5)14(3,4)13(17)18/h6-7,16H,8H2,1-5H3,(H,17,18). The number of carbonyl (C=O) groups is 1. The molecule has 18 heavy (non-hydrogen) atoms. The molecule has 0 heterocycles. The van der Waals surface area contributed by atoms with E-state index in [-0.39, 0.29) is 0 Å². The average Bonchev–Trinajstić information content (AvgIpc) is 2.25. The molecular weight excluding hydrogens is 230 g/mol. The Hall–Kier alpha value is -1.55. The summed E-state index contributed by atoms with van der Waals surface area (Å²) in [6, 6.07) is 3.77. The normalized spacial score (nSPS) is 11.9. The zero-order valence-electron chi connectivity index (χ0n) is 11.6. The van der Waals surface area contributed by atoms with E-state index in [4.69, 9.17) is 5.11 Å². The summed E-state index contributed by atoms with van der Waals surface area (Å²) in [5.41, 5.74) is 1.71. The van der Waals surface area contributed by atoms with E-state index in [9.17, 15) is 9.90 Å². The van der Waals surface area contributed by atoms with Gasteiger partial charge in [-0.15, -0.1) is 0 Å². The lowest BCUT2D eigenvalue weighted by Gasteiger charge is -2.31. The van der Waals surface area contributed by atoms with Crippen LogP contribution < -0.4 is 0 Å². The maximum Gasteiger partial charge on any atom is 0.323 e. The van der Waals surface area contributed by atoms with Gasteiger partial charge in [0.15, 0.2) is 0 Å². The highest BCUT2D eigenvalue weighted by Gasteiger charge is 2.31. The van der Waals surface area contributed by atoms with Gasteiger partial charge in [0.2, 0.25) is 0 Å². The first kappa shape index (κ1) is 14.5. The molecular formula is C14H21NO3. The van der Waals surface area contributed by atoms with E-state index in [0.29, 0.717) is 12.3 Å². The minimum Gasteiger partial charge on any atom is -0.507 e. The second-order valence-electron chi connectivity index (χ2n) is 5.30. The molecule has 0 unspecified atom stereocenters. The molecule has 1 aromatic rings. The van der Waals surface area contributed by atoms with Crippen LogP contribution in [-0.2, 0) is 11.3 Å². The molecule has 0 saturated carbocycles. The van der Waals surface area contributed by atoms with Crippen LogP contribution in [0, 0.1) is 13.8 Å². The number of rotatable bonds is 4. The van der Waals surface area contributed by atoms with Gasteiger partial charge in [0.1, 0.15) is 11.3 Å². The number of phenolic OH excluding ortho intramolecular Hbond substituents is 1. The summed E-state index contributed by atoms with van der Waals surface area (Å²) in [4.78, 5) is 12.9. The zero-order valence-corrected chi connectivity index (χ0v) is 11.6. The molecule has 0 aliphatic heterocycles. The maximum atomic E-state index is 11.2. The van der Waals surface area contributed by atoms with Crippen LogP contribution in [0.4, 0.5) is 0 Å². The first-order valence-electron chi connectivity index (χ1n) is 5.90. The highest BCUT2D eigenvalue weighted by molar-refractivity contribution is 5.77. The number of phenols is 1. The summed E-state index contributed by atoms with van der Waals surface area (Å²) in [6.07, 6.45) is 0. The van der Waals surface area contributed by atoms with E-state index in [1.165, 1.54) is 0 Å². The number of carboxylic acid groups (broad SMARTS) is 1. The lowest BCUT2D eigenvalue weighted by molar-refractivity contribution is -0.148. The fourth-order valence-corrected chi connectivity index (χ4v) is 1.77. The molecule has 1 aromatic carbocycles. The summed E-state index contributed by atoms with van der Waals surface area (Å²) >= 11 is 0. The highest BCUT2D eigenvalue weighted by atomic mass is 16.4. The first-order valence-corrected chi connectivity index (χ1v) is 5.90. The van der Waals surface area contributed by atoms with Crippen molar-refractivity contribution in [2.45, 2.75) is 39.8 Å². The number of hydrogen-bond donors (Lipinski definition) is 2. The summed E-state index contributed by atoms with van der Waals surface area (Å²) in [5.74, 6) is -0.545. The molecule has 0 aromatic heterocycles. The molecule has 0 spiro atoms. The predicted molar refractivity (Wildman–Crippen MR) is 70.8 cm³/mol. The molecule has 0 amide bonds. The Bertz CT molecular complexity index is 443. The second kappa shape index (κ2) is 4.98. The Kier molecular flexibility index (Phi) is 4.02. The van der Waals surface area contributed by atoms with Crippen LogP contribution in [0.25, 0.3) is 0 Å². The molecule has 0 fully saturated rings. The molecule has 100 valence electrons. The van der Waals surface area contributed by atoms with Crippen molar-refractivity contribution in [1.29, 1.82) is 0 Å². The Labute approximate surface area is 108 Å². The molecule has 1 rings (SSSR count). The second-order valence-corrected chi connectivity index (χ2v) is 5.30. The van der Waals surface area contributed by atoms with Gasteiger partial charge in [0.25, 0.3) is 0 Å². The number of carboxylic acids is 1. The minimum absolute atomic E-state index is 0.305. The molecule has 0 saturated heterocycles. The van der Waals surface area contributed by atoms with Gasteiger partial charge in [-0.1, -0.05) is 12.1 Å². The fourth-order valence-electron chi connectivity index (χ4n) is 1.77. The number of likely N-dealkylation sites (N-methyl/N-ethyl adjacent to an activating group) is 1. The van der Waals surface area contributed by atoms with E-state index in [0.717, 1.165) is 16.7 Å². The Morgan fingerprint density at radius 2 is 1.72 bits per heavy atom. The third-order valence-electron chi connectivity index (χ3n) is 3.45. The minimum atomic E-state index is -0.917. The number of hydrogen-bond acceptors (Lipinski definition) is 3. The van der Waals surface area contributed by atoms with E-state index in [2.05, 4.69) is 0 Å². The van der Waals surface area contributed by atoms with Gasteiger partial charge in [-0.05, 0) is 51.4 Å². The molecule has 0 atom stereocenters. The predicted octanol–water partition coefficient (Wildman–Crippen LogP) is 2.30. The molecule has 0 aliphatic carbocycles. The number of benzene rings is 1. The van der Waals surface area contributed by atoms with E-state index in [1.807, 2.05) is 26.0 Å². The van der Waals surface area contributed by atoms with E-state index in [1.54, 1.807) is 25.8 Å². The summed E-state index contributed by atoms with van der Waals surface area (Å²) < 4.78 is 0. The number of aromatic hydroxyl groups is 1. The highest BCUT2D eigenvalue weighted by Crippen LogP contribution is 2.25. The third kappa shape index (κ3) is 2.82. The monoisotopic (exact) mass is 251 g/mol. The topological polar surface area (TPSA) is 60.8 Å². The Balaban J connectivity index is 2.96. The molecule has 4 nitrogen and oxygen atoms in total. The van der Waals surface area contributed by atoms with Crippen molar-refractivity contribution in [1.82, 2.24) is 4.90 Å². The third-order valence-corrected chi connectivity index (χ3v) is 3.45. The average molecular weight is 251 g/mol. The zero-order chi connectivity index (χ0) is 14.1. The number of nitrogens with zero attached hydrogens (tertiary/aromatic N) is 1.